The van der Waals surface area contributed by atoms with Gasteiger partial charge in [-0.1, -0.05) is 41.5 Å². The minimum absolute atomic E-state index is 0.346. The van der Waals surface area contributed by atoms with Crippen LogP contribution < -0.4 is 0 Å². The van der Waals surface area contributed by atoms with Crippen molar-refractivity contribution in [2.75, 3.05) is 13.2 Å². The van der Waals surface area contributed by atoms with Gasteiger partial charge in [-0.25, -0.2) is 0 Å². The molecule has 2 unspecified atom stereocenters. The monoisotopic (exact) mass is 334 g/mol. The summed E-state index contributed by atoms with van der Waals surface area (Å²) in [4.78, 5) is 0. The molecule has 23 heavy (non-hydrogen) atoms. The molecule has 0 radical (unpaired) electrons. The van der Waals surface area contributed by atoms with Crippen molar-refractivity contribution in [3.05, 3.63) is 0 Å². The molecule has 140 valence electrons. The molecule has 5 heteroatoms. The summed E-state index contributed by atoms with van der Waals surface area (Å²) in [6, 6.07) is 0. The van der Waals surface area contributed by atoms with Crippen molar-refractivity contribution < 1.29 is 25.2 Å². The molecule has 0 aromatic rings. The van der Waals surface area contributed by atoms with Crippen LogP contribution in [0.3, 0.4) is 0 Å². The van der Waals surface area contributed by atoms with Crippen LogP contribution in [0.1, 0.15) is 80.1 Å². The van der Waals surface area contributed by atoms with Crippen LogP contribution in [0.2, 0.25) is 0 Å². The predicted molar refractivity (Wildman–Crippen MR) is 92.4 cm³/mol. The summed E-state index contributed by atoms with van der Waals surface area (Å²) in [5.41, 5.74) is -4.76. The summed E-state index contributed by atoms with van der Waals surface area (Å²) in [7, 11) is 0. The van der Waals surface area contributed by atoms with Crippen molar-refractivity contribution in [3.63, 3.8) is 0 Å². The van der Waals surface area contributed by atoms with Crippen LogP contribution in [-0.2, 0) is 4.74 Å². The Morgan fingerprint density at radius 2 is 0.826 bits per heavy atom. The van der Waals surface area contributed by atoms with Crippen LogP contribution in [0.25, 0.3) is 0 Å². The highest BCUT2D eigenvalue weighted by atomic mass is 16.6. The topological polar surface area (TPSA) is 90.2 Å². The van der Waals surface area contributed by atoms with Crippen molar-refractivity contribution >= 4 is 0 Å². The van der Waals surface area contributed by atoms with Crippen molar-refractivity contribution in [1.82, 2.24) is 0 Å². The third kappa shape index (κ3) is 3.74. The molecule has 5 nitrogen and oxygen atoms in total. The van der Waals surface area contributed by atoms with Crippen LogP contribution in [0.4, 0.5) is 0 Å². The molecule has 0 aromatic carbocycles. The Hall–Kier alpha value is -0.200. The number of ether oxygens (including phenoxy) is 1. The zero-order chi connectivity index (χ0) is 18.4. The first kappa shape index (κ1) is 22.8. The van der Waals surface area contributed by atoms with E-state index in [2.05, 4.69) is 0 Å². The molecule has 0 saturated heterocycles. The maximum absolute atomic E-state index is 11.0. The summed E-state index contributed by atoms with van der Waals surface area (Å²) in [5, 5.41) is 41.6. The Morgan fingerprint density at radius 1 is 0.565 bits per heavy atom. The van der Waals surface area contributed by atoms with Crippen molar-refractivity contribution in [2.45, 2.75) is 102 Å². The largest absolute Gasteiger partial charge is 0.393 e. The zero-order valence-electron chi connectivity index (χ0n) is 15.9. The zero-order valence-corrected chi connectivity index (χ0v) is 15.9. The molecule has 0 aliphatic rings. The Bertz CT molecular complexity index is 294. The fourth-order valence-corrected chi connectivity index (χ4v) is 3.82. The van der Waals surface area contributed by atoms with E-state index in [9.17, 15) is 20.4 Å². The van der Waals surface area contributed by atoms with Gasteiger partial charge in [-0.15, -0.1) is 0 Å². The molecule has 0 spiro atoms. The molecule has 0 amide bonds. The van der Waals surface area contributed by atoms with Crippen molar-refractivity contribution in [3.8, 4) is 0 Å². The van der Waals surface area contributed by atoms with Gasteiger partial charge < -0.3 is 25.2 Å². The summed E-state index contributed by atoms with van der Waals surface area (Å²) in [6.07, 6.45) is 2.70. The second kappa shape index (κ2) is 8.77. The Balaban J connectivity index is 6.13. The van der Waals surface area contributed by atoms with Crippen LogP contribution in [0.5, 0.6) is 0 Å². The van der Waals surface area contributed by atoms with Gasteiger partial charge in [0.1, 0.15) is 11.2 Å². The van der Waals surface area contributed by atoms with Crippen LogP contribution in [-0.4, -0.2) is 56.0 Å². The highest BCUT2D eigenvalue weighted by molar-refractivity contribution is 5.06. The van der Waals surface area contributed by atoms with E-state index in [1.54, 1.807) is 0 Å². The minimum Gasteiger partial charge on any atom is -0.393 e. The molecule has 0 heterocycles. The molecule has 2 atom stereocenters. The van der Waals surface area contributed by atoms with E-state index in [1.807, 2.05) is 41.5 Å². The van der Waals surface area contributed by atoms with E-state index in [1.165, 1.54) is 0 Å². The smallest absolute Gasteiger partial charge is 0.116 e. The van der Waals surface area contributed by atoms with E-state index in [0.29, 0.717) is 38.5 Å². The molecule has 0 bridgehead atoms. The first-order valence-corrected chi connectivity index (χ1v) is 9.06. The lowest BCUT2D eigenvalue weighted by molar-refractivity contribution is -0.303. The number of hydrogen-bond acceptors (Lipinski definition) is 5. The van der Waals surface area contributed by atoms with Gasteiger partial charge in [0.15, 0.2) is 0 Å². The summed E-state index contributed by atoms with van der Waals surface area (Å²) < 4.78 is 6.50. The third-order valence-electron chi connectivity index (χ3n) is 6.06. The molecule has 0 rings (SSSR count). The summed E-state index contributed by atoms with van der Waals surface area (Å²) in [5.74, 6) is 0. The Kier molecular flexibility index (Phi) is 8.69. The number of aliphatic hydroxyl groups excluding tert-OH is 2. The highest BCUT2D eigenvalue weighted by Crippen LogP contribution is 2.45. The normalized spacial score (nSPS) is 18.5. The second-order valence-electron chi connectivity index (χ2n) is 6.59. The molecule has 0 aliphatic carbocycles. The van der Waals surface area contributed by atoms with Gasteiger partial charge in [0, 0.05) is 0 Å². The fourth-order valence-electron chi connectivity index (χ4n) is 3.82. The van der Waals surface area contributed by atoms with E-state index in [4.69, 9.17) is 4.74 Å². The van der Waals surface area contributed by atoms with Crippen molar-refractivity contribution in [1.29, 1.82) is 0 Å². The number of rotatable bonds is 12. The Labute approximate surface area is 141 Å². The summed E-state index contributed by atoms with van der Waals surface area (Å²) >= 11 is 0. The van der Waals surface area contributed by atoms with Gasteiger partial charge in [0.2, 0.25) is 0 Å². The SMILES string of the molecule is CCC(O)(CO)C(CC)(CC)OC(CC)(CC)C(O)(CC)CO. The fraction of sp³-hybridized carbons (Fsp3) is 1.00. The molecular weight excluding hydrogens is 296 g/mol. The molecule has 0 aliphatic heterocycles. The average molecular weight is 334 g/mol. The van der Waals surface area contributed by atoms with Gasteiger partial charge in [-0.2, -0.15) is 0 Å². The number of hydrogen-bond donors (Lipinski definition) is 4. The van der Waals surface area contributed by atoms with E-state index in [0.717, 1.165) is 0 Å². The molecule has 4 N–H and O–H groups in total. The van der Waals surface area contributed by atoms with Gasteiger partial charge in [0.05, 0.1) is 24.4 Å². The van der Waals surface area contributed by atoms with Crippen LogP contribution in [0.15, 0.2) is 0 Å². The highest BCUT2D eigenvalue weighted by Gasteiger charge is 2.56. The van der Waals surface area contributed by atoms with E-state index in [-0.39, 0.29) is 0 Å². The molecule has 0 fully saturated rings. The molecule has 0 saturated carbocycles. The maximum Gasteiger partial charge on any atom is 0.116 e. The van der Waals surface area contributed by atoms with Crippen molar-refractivity contribution in [2.24, 2.45) is 0 Å². The van der Waals surface area contributed by atoms with E-state index < -0.39 is 35.6 Å². The van der Waals surface area contributed by atoms with Gasteiger partial charge >= 0.3 is 0 Å². The van der Waals surface area contributed by atoms with Gasteiger partial charge in [-0.3, -0.25) is 0 Å². The lowest BCUT2D eigenvalue weighted by atomic mass is 9.72. The van der Waals surface area contributed by atoms with Gasteiger partial charge in [-0.05, 0) is 38.5 Å². The summed E-state index contributed by atoms with van der Waals surface area (Å²) in [6.45, 7) is 10.5. The minimum atomic E-state index is -1.39. The average Bonchev–Trinajstić information content (AvgIpc) is 2.62. The van der Waals surface area contributed by atoms with Crippen LogP contribution >= 0.6 is 0 Å². The maximum atomic E-state index is 11.0. The second-order valence-corrected chi connectivity index (χ2v) is 6.59. The first-order valence-electron chi connectivity index (χ1n) is 9.06. The molecule has 0 aromatic heterocycles. The quantitative estimate of drug-likeness (QED) is 0.440. The Morgan fingerprint density at radius 3 is 0.957 bits per heavy atom. The lowest BCUT2D eigenvalue weighted by Gasteiger charge is -2.55. The van der Waals surface area contributed by atoms with Gasteiger partial charge in [0.25, 0.3) is 0 Å². The van der Waals surface area contributed by atoms with E-state index >= 15 is 0 Å². The standard InChI is InChI=1S/C18H38O5/c1-7-15(21,13-19)17(9-3,10-4)23-18(11-5,12-6)16(22,8-2)14-20/h19-22H,7-14H2,1-6H3. The molecular formula is C18H38O5. The first-order chi connectivity index (χ1) is 10.7. The predicted octanol–water partition coefficient (Wildman–Crippen LogP) is 2.39. The third-order valence-corrected chi connectivity index (χ3v) is 6.06. The number of aliphatic hydroxyl groups is 4. The lowest BCUT2D eigenvalue weighted by Crippen LogP contribution is -2.66. The van der Waals surface area contributed by atoms with Crippen LogP contribution in [0, 0.1) is 0 Å².